The highest BCUT2D eigenvalue weighted by Gasteiger charge is 2.30. The van der Waals surface area contributed by atoms with E-state index in [0.717, 1.165) is 16.1 Å². The molecule has 0 bridgehead atoms. The Morgan fingerprint density at radius 2 is 1.62 bits per heavy atom. The molecule has 9 heteroatoms. The van der Waals surface area contributed by atoms with E-state index in [-0.39, 0.29) is 24.1 Å². The van der Waals surface area contributed by atoms with Crippen LogP contribution in [-0.4, -0.2) is 64.2 Å². The number of carbonyl (C=O) groups excluding carboxylic acids is 2. The van der Waals surface area contributed by atoms with Crippen molar-refractivity contribution in [2.45, 2.75) is 33.2 Å². The van der Waals surface area contributed by atoms with Crippen molar-refractivity contribution in [3.05, 3.63) is 60.2 Å². The van der Waals surface area contributed by atoms with Crippen LogP contribution in [0.25, 0.3) is 0 Å². The van der Waals surface area contributed by atoms with Gasteiger partial charge in [0.25, 0.3) is 0 Å². The first-order valence-corrected chi connectivity index (χ1v) is 13.1. The van der Waals surface area contributed by atoms with E-state index in [2.05, 4.69) is 5.32 Å². The maximum atomic E-state index is 13.5. The second kappa shape index (κ2) is 12.4. The molecule has 8 nitrogen and oxygen atoms in total. The molecule has 2 amide bonds. The third kappa shape index (κ3) is 7.76. The van der Waals surface area contributed by atoms with Crippen molar-refractivity contribution in [1.82, 2.24) is 10.2 Å². The van der Waals surface area contributed by atoms with Crippen molar-refractivity contribution in [2.75, 3.05) is 37.3 Å². The lowest BCUT2D eigenvalue weighted by Gasteiger charge is -2.32. The predicted molar refractivity (Wildman–Crippen MR) is 134 cm³/mol. The minimum atomic E-state index is -3.81. The highest BCUT2D eigenvalue weighted by atomic mass is 32.2. The van der Waals surface area contributed by atoms with Crippen LogP contribution >= 0.6 is 0 Å². The molecule has 186 valence electrons. The molecular formula is C25H35N3O5S. The van der Waals surface area contributed by atoms with E-state index < -0.39 is 28.5 Å². The average molecular weight is 490 g/mol. The number of benzene rings is 2. The van der Waals surface area contributed by atoms with Gasteiger partial charge in [-0.25, -0.2) is 8.42 Å². The van der Waals surface area contributed by atoms with E-state index in [4.69, 9.17) is 4.74 Å². The lowest BCUT2D eigenvalue weighted by atomic mass is 10.1. The van der Waals surface area contributed by atoms with Crippen molar-refractivity contribution < 1.29 is 22.7 Å². The van der Waals surface area contributed by atoms with Gasteiger partial charge < -0.3 is 15.0 Å². The zero-order chi connectivity index (χ0) is 25.3. The second-order valence-electron chi connectivity index (χ2n) is 8.58. The third-order valence-corrected chi connectivity index (χ3v) is 6.50. The number of nitrogens with zero attached hydrogens (tertiary/aromatic N) is 2. The summed E-state index contributed by atoms with van der Waals surface area (Å²) in [5.41, 5.74) is 1.28. The number of amides is 2. The van der Waals surface area contributed by atoms with Gasteiger partial charge >= 0.3 is 0 Å². The van der Waals surface area contributed by atoms with Crippen LogP contribution in [0.15, 0.2) is 54.6 Å². The third-order valence-electron chi connectivity index (χ3n) is 5.37. The quantitative estimate of drug-likeness (QED) is 0.495. The van der Waals surface area contributed by atoms with Gasteiger partial charge in [-0.15, -0.1) is 0 Å². The van der Waals surface area contributed by atoms with Crippen LogP contribution < -0.4 is 14.4 Å². The molecule has 1 unspecified atom stereocenters. The number of sulfonamides is 1. The molecule has 0 aromatic heterocycles. The van der Waals surface area contributed by atoms with Crippen molar-refractivity contribution in [2.24, 2.45) is 5.92 Å². The van der Waals surface area contributed by atoms with E-state index in [9.17, 15) is 18.0 Å². The van der Waals surface area contributed by atoms with Crippen LogP contribution in [0, 0.1) is 5.92 Å². The van der Waals surface area contributed by atoms with Gasteiger partial charge in [0, 0.05) is 13.1 Å². The van der Waals surface area contributed by atoms with Crippen molar-refractivity contribution in [3.63, 3.8) is 0 Å². The molecule has 2 aromatic carbocycles. The number of rotatable bonds is 12. The number of anilines is 1. The molecule has 0 spiro atoms. The highest BCUT2D eigenvalue weighted by Crippen LogP contribution is 2.29. The monoisotopic (exact) mass is 489 g/mol. The number of nitrogens with one attached hydrogen (secondary N) is 1. The van der Waals surface area contributed by atoms with Crippen molar-refractivity contribution in [1.29, 1.82) is 0 Å². The summed E-state index contributed by atoms with van der Waals surface area (Å²) < 4.78 is 31.6. The molecule has 1 N–H and O–H groups in total. The molecule has 0 aliphatic heterocycles. The maximum absolute atomic E-state index is 13.5. The first-order valence-electron chi connectivity index (χ1n) is 11.3. The SMILES string of the molecule is COc1ccccc1N(CC(=O)N(CCc1ccccc1)C(C)C(=O)NCC(C)C)S(C)(=O)=O. The molecule has 34 heavy (non-hydrogen) atoms. The highest BCUT2D eigenvalue weighted by molar-refractivity contribution is 7.92. The Morgan fingerprint density at radius 3 is 2.21 bits per heavy atom. The molecule has 2 rings (SSSR count). The zero-order valence-electron chi connectivity index (χ0n) is 20.5. The van der Waals surface area contributed by atoms with Gasteiger partial charge in [-0.3, -0.25) is 13.9 Å². The first-order chi connectivity index (χ1) is 16.0. The molecule has 0 heterocycles. The Morgan fingerprint density at radius 1 is 1.00 bits per heavy atom. The zero-order valence-corrected chi connectivity index (χ0v) is 21.3. The smallest absolute Gasteiger partial charge is 0.244 e. The Balaban J connectivity index is 2.32. The fourth-order valence-electron chi connectivity index (χ4n) is 3.45. The van der Waals surface area contributed by atoms with Crippen LogP contribution in [-0.2, 0) is 26.0 Å². The van der Waals surface area contributed by atoms with Gasteiger partial charge in [0.2, 0.25) is 21.8 Å². The largest absolute Gasteiger partial charge is 0.495 e. The minimum Gasteiger partial charge on any atom is -0.495 e. The molecule has 0 fully saturated rings. The normalized spacial score (nSPS) is 12.2. The summed E-state index contributed by atoms with van der Waals surface area (Å²) in [6, 6.07) is 15.5. The average Bonchev–Trinajstić information content (AvgIpc) is 2.80. The maximum Gasteiger partial charge on any atom is 0.244 e. The van der Waals surface area contributed by atoms with Gasteiger partial charge in [-0.05, 0) is 37.0 Å². The number of ether oxygens (including phenoxy) is 1. The van der Waals surface area contributed by atoms with E-state index in [0.29, 0.717) is 18.7 Å². The fraction of sp³-hybridized carbons (Fsp3) is 0.440. The van der Waals surface area contributed by atoms with Crippen LogP contribution in [0.2, 0.25) is 0 Å². The summed E-state index contributed by atoms with van der Waals surface area (Å²) in [7, 11) is -2.37. The number of para-hydroxylation sites is 2. The molecule has 0 radical (unpaired) electrons. The summed E-state index contributed by atoms with van der Waals surface area (Å²) >= 11 is 0. The van der Waals surface area contributed by atoms with E-state index >= 15 is 0 Å². The van der Waals surface area contributed by atoms with Gasteiger partial charge in [0.1, 0.15) is 18.3 Å². The van der Waals surface area contributed by atoms with Gasteiger partial charge in [-0.1, -0.05) is 56.3 Å². The van der Waals surface area contributed by atoms with Gasteiger partial charge in [-0.2, -0.15) is 0 Å². The van der Waals surface area contributed by atoms with Crippen LogP contribution in [0.3, 0.4) is 0 Å². The first kappa shape index (κ1) is 27.2. The molecular weight excluding hydrogens is 454 g/mol. The lowest BCUT2D eigenvalue weighted by molar-refractivity contribution is -0.138. The molecule has 0 aliphatic rings. The molecule has 0 aliphatic carbocycles. The summed E-state index contributed by atoms with van der Waals surface area (Å²) in [5.74, 6) is -0.159. The Hall–Kier alpha value is -3.07. The van der Waals surface area contributed by atoms with Crippen molar-refractivity contribution in [3.8, 4) is 5.75 Å². The lowest BCUT2D eigenvalue weighted by Crippen LogP contribution is -2.52. The number of hydrogen-bond donors (Lipinski definition) is 1. The standard InChI is InChI=1S/C25H35N3O5S/c1-19(2)17-26-25(30)20(3)27(16-15-21-11-7-6-8-12-21)24(29)18-28(34(5,31)32)22-13-9-10-14-23(22)33-4/h6-14,19-20H,15-18H2,1-5H3,(H,26,30). The number of carbonyl (C=O) groups is 2. The Labute approximate surface area is 202 Å². The molecule has 0 saturated carbocycles. The van der Waals surface area contributed by atoms with Crippen LogP contribution in [0.1, 0.15) is 26.3 Å². The number of methoxy groups -OCH3 is 1. The second-order valence-corrected chi connectivity index (χ2v) is 10.5. The van der Waals surface area contributed by atoms with Crippen LogP contribution in [0.4, 0.5) is 5.69 Å². The topological polar surface area (TPSA) is 96.0 Å². The summed E-state index contributed by atoms with van der Waals surface area (Å²) in [4.78, 5) is 27.7. The molecule has 0 saturated heterocycles. The summed E-state index contributed by atoms with van der Waals surface area (Å²) in [5, 5.41) is 2.86. The minimum absolute atomic E-state index is 0.260. The van der Waals surface area contributed by atoms with Crippen LogP contribution in [0.5, 0.6) is 5.75 Å². The van der Waals surface area contributed by atoms with Crippen molar-refractivity contribution >= 4 is 27.5 Å². The summed E-state index contributed by atoms with van der Waals surface area (Å²) in [6.07, 6.45) is 1.57. The van der Waals surface area contributed by atoms with E-state index in [1.54, 1.807) is 31.2 Å². The molecule has 1 atom stereocenters. The summed E-state index contributed by atoms with van der Waals surface area (Å²) in [6.45, 7) is 5.94. The molecule has 2 aromatic rings. The Bertz CT molecular complexity index is 1060. The van der Waals surface area contributed by atoms with Gasteiger partial charge in [0.05, 0.1) is 19.1 Å². The fourth-order valence-corrected chi connectivity index (χ4v) is 4.31. The predicted octanol–water partition coefficient (Wildman–Crippen LogP) is 2.69. The van der Waals surface area contributed by atoms with Gasteiger partial charge in [0.15, 0.2) is 0 Å². The van der Waals surface area contributed by atoms with E-state index in [1.807, 2.05) is 44.2 Å². The number of hydrogen-bond acceptors (Lipinski definition) is 5. The van der Waals surface area contributed by atoms with E-state index in [1.165, 1.54) is 12.0 Å². The Kier molecular flexibility index (Phi) is 9.92.